The van der Waals surface area contributed by atoms with Crippen molar-refractivity contribution < 1.29 is 34.4 Å². The first-order valence-corrected chi connectivity index (χ1v) is 12.7. The van der Waals surface area contributed by atoms with Gasteiger partial charge in [0, 0.05) is 0 Å². The number of esters is 1. The zero-order valence-corrected chi connectivity index (χ0v) is 21.3. The monoisotopic (exact) mass is 475 g/mol. The molecule has 0 aromatic heterocycles. The molecule has 0 aromatic rings. The van der Waals surface area contributed by atoms with Gasteiger partial charge in [0.2, 0.25) is 6.79 Å². The number of nitrogens with one attached hydrogen (secondary N) is 1. The average Bonchev–Trinajstić information content (AvgIpc) is 2.76. The maximum atomic E-state index is 11.8. The first-order valence-electron chi connectivity index (χ1n) is 12.7. The fourth-order valence-corrected chi connectivity index (χ4v) is 3.42. The van der Waals surface area contributed by atoms with Gasteiger partial charge < -0.3 is 30.1 Å². The number of carbonyl (C=O) groups is 2. The summed E-state index contributed by atoms with van der Waals surface area (Å²) < 4.78 is 9.58. The molecule has 0 aliphatic heterocycles. The highest BCUT2D eigenvalue weighted by atomic mass is 16.7. The molecule has 0 rings (SSSR count). The van der Waals surface area contributed by atoms with E-state index in [1.54, 1.807) is 20.8 Å². The number of amides is 1. The largest absolute Gasteiger partial charge is 0.427 e. The van der Waals surface area contributed by atoms with E-state index in [9.17, 15) is 24.9 Å². The predicted molar refractivity (Wildman–Crippen MR) is 129 cm³/mol. The summed E-state index contributed by atoms with van der Waals surface area (Å²) in [5.74, 6) is -0.521. The van der Waals surface area contributed by atoms with Crippen LogP contribution in [0.2, 0.25) is 0 Å². The summed E-state index contributed by atoms with van der Waals surface area (Å²) in [5.41, 5.74) is -0.721. The molecule has 33 heavy (non-hydrogen) atoms. The van der Waals surface area contributed by atoms with Gasteiger partial charge >= 0.3 is 12.1 Å². The van der Waals surface area contributed by atoms with Crippen LogP contribution in [-0.2, 0) is 14.3 Å². The fourth-order valence-electron chi connectivity index (χ4n) is 3.42. The summed E-state index contributed by atoms with van der Waals surface area (Å²) in [6.07, 6.45) is 11.5. The van der Waals surface area contributed by atoms with Crippen LogP contribution in [0, 0.1) is 5.41 Å². The first kappa shape index (κ1) is 31.6. The minimum Gasteiger partial charge on any atom is -0.427 e. The third kappa shape index (κ3) is 16.8. The Morgan fingerprint density at radius 1 is 0.818 bits per heavy atom. The van der Waals surface area contributed by atoms with Crippen LogP contribution < -0.4 is 5.32 Å². The maximum absolute atomic E-state index is 11.8. The molecule has 0 fully saturated rings. The summed E-state index contributed by atoms with van der Waals surface area (Å²) in [6, 6.07) is -1.08. The number of hydrogen-bond acceptors (Lipinski definition) is 7. The Hall–Kier alpha value is -1.38. The van der Waals surface area contributed by atoms with Gasteiger partial charge in [0.25, 0.3) is 0 Å². The fraction of sp³-hybridized carbons (Fsp3) is 0.920. The van der Waals surface area contributed by atoms with Gasteiger partial charge in [-0.2, -0.15) is 0 Å². The summed E-state index contributed by atoms with van der Waals surface area (Å²) in [4.78, 5) is 23.4. The third-order valence-corrected chi connectivity index (χ3v) is 5.65. The van der Waals surface area contributed by atoms with Crippen molar-refractivity contribution in [1.29, 1.82) is 0 Å². The Kier molecular flexibility index (Phi) is 18.2. The molecule has 1 amide bonds. The van der Waals surface area contributed by atoms with E-state index in [0.29, 0.717) is 6.42 Å². The Morgan fingerprint density at radius 3 is 1.76 bits per heavy atom. The lowest BCUT2D eigenvalue weighted by molar-refractivity contribution is -0.161. The molecule has 0 heterocycles. The summed E-state index contributed by atoms with van der Waals surface area (Å²) in [6.45, 7) is 6.11. The van der Waals surface area contributed by atoms with Crippen LogP contribution in [-0.4, -0.2) is 59.0 Å². The van der Waals surface area contributed by atoms with Crippen molar-refractivity contribution in [1.82, 2.24) is 5.32 Å². The van der Waals surface area contributed by atoms with E-state index < -0.39 is 49.1 Å². The lowest BCUT2D eigenvalue weighted by Crippen LogP contribution is -2.50. The number of hydrogen-bond donors (Lipinski definition) is 4. The zero-order valence-electron chi connectivity index (χ0n) is 21.3. The van der Waals surface area contributed by atoms with Crippen molar-refractivity contribution in [3.8, 4) is 0 Å². The molecule has 0 saturated heterocycles. The Labute approximate surface area is 200 Å². The van der Waals surface area contributed by atoms with Gasteiger partial charge in [0.05, 0.1) is 24.2 Å². The maximum Gasteiger partial charge on any atom is 0.410 e. The number of ether oxygens (including phenoxy) is 2. The predicted octanol–water partition coefficient (Wildman–Crippen LogP) is 4.43. The second kappa shape index (κ2) is 19.0. The lowest BCUT2D eigenvalue weighted by atomic mass is 9.98. The molecular weight excluding hydrogens is 426 g/mol. The van der Waals surface area contributed by atoms with Crippen LogP contribution in [0.1, 0.15) is 111 Å². The van der Waals surface area contributed by atoms with Crippen molar-refractivity contribution >= 4 is 12.1 Å². The van der Waals surface area contributed by atoms with E-state index in [2.05, 4.69) is 12.2 Å². The molecule has 196 valence electrons. The van der Waals surface area contributed by atoms with Gasteiger partial charge in [-0.05, 0) is 27.2 Å². The minimum atomic E-state index is -1.33. The molecule has 0 saturated carbocycles. The molecule has 8 heteroatoms. The topological polar surface area (TPSA) is 125 Å². The van der Waals surface area contributed by atoms with Gasteiger partial charge in [0.15, 0.2) is 0 Å². The second-order valence-electron chi connectivity index (χ2n) is 9.90. The number of unbranched alkanes of at least 4 members (excludes halogenated alkanes) is 11. The van der Waals surface area contributed by atoms with Crippen molar-refractivity contribution in [2.24, 2.45) is 5.41 Å². The average molecular weight is 476 g/mol. The second-order valence-corrected chi connectivity index (χ2v) is 9.90. The van der Waals surface area contributed by atoms with E-state index in [1.165, 1.54) is 57.8 Å². The first-order chi connectivity index (χ1) is 15.6. The molecule has 8 nitrogen and oxygen atoms in total. The standard InChI is InChI=1S/C25H49NO7/c1-5-6-7-8-9-10-11-12-13-14-15-16-17-21(28)22(29)20(18-27)26-24(31)33-19-32-23(30)25(2,3)4/h20-22,27-29H,5-19H2,1-4H3,(H,26,31). The molecule has 0 aliphatic rings. The van der Waals surface area contributed by atoms with E-state index in [-0.39, 0.29) is 0 Å². The summed E-state index contributed by atoms with van der Waals surface area (Å²) in [5, 5.41) is 32.2. The molecule has 0 radical (unpaired) electrons. The summed E-state index contributed by atoms with van der Waals surface area (Å²) >= 11 is 0. The molecule has 0 aromatic carbocycles. The Balaban J connectivity index is 3.92. The molecule has 3 unspecified atom stereocenters. The molecule has 3 atom stereocenters. The number of aliphatic hydroxyl groups is 3. The van der Waals surface area contributed by atoms with Crippen LogP contribution in [0.5, 0.6) is 0 Å². The Bertz CT molecular complexity index is 507. The van der Waals surface area contributed by atoms with Crippen LogP contribution in [0.15, 0.2) is 0 Å². The highest BCUT2D eigenvalue weighted by Gasteiger charge is 2.28. The molecular formula is C25H49NO7. The van der Waals surface area contributed by atoms with Crippen LogP contribution in [0.25, 0.3) is 0 Å². The number of aliphatic hydroxyl groups excluding tert-OH is 3. The van der Waals surface area contributed by atoms with Crippen LogP contribution in [0.3, 0.4) is 0 Å². The van der Waals surface area contributed by atoms with Gasteiger partial charge in [-0.3, -0.25) is 4.79 Å². The number of alkyl carbamates (subject to hydrolysis) is 1. The van der Waals surface area contributed by atoms with E-state index in [0.717, 1.165) is 19.3 Å². The normalized spacial score (nSPS) is 14.4. The molecule has 0 spiro atoms. The van der Waals surface area contributed by atoms with Crippen LogP contribution >= 0.6 is 0 Å². The minimum absolute atomic E-state index is 0.384. The van der Waals surface area contributed by atoms with E-state index in [1.807, 2.05) is 0 Å². The highest BCUT2D eigenvalue weighted by Crippen LogP contribution is 2.16. The number of carbonyl (C=O) groups excluding carboxylic acids is 2. The number of rotatable bonds is 19. The van der Waals surface area contributed by atoms with Crippen LogP contribution in [0.4, 0.5) is 4.79 Å². The van der Waals surface area contributed by atoms with Gasteiger partial charge in [-0.1, -0.05) is 84.0 Å². The molecule has 0 aliphatic carbocycles. The quantitative estimate of drug-likeness (QED) is 0.124. The van der Waals surface area contributed by atoms with Crippen molar-refractivity contribution in [2.45, 2.75) is 129 Å². The van der Waals surface area contributed by atoms with Gasteiger partial charge in [0.1, 0.15) is 6.10 Å². The smallest absolute Gasteiger partial charge is 0.410 e. The third-order valence-electron chi connectivity index (χ3n) is 5.65. The summed E-state index contributed by atoms with van der Waals surface area (Å²) in [7, 11) is 0. The molecule has 4 N–H and O–H groups in total. The highest BCUT2D eigenvalue weighted by molar-refractivity contribution is 5.75. The van der Waals surface area contributed by atoms with Crippen molar-refractivity contribution in [3.05, 3.63) is 0 Å². The van der Waals surface area contributed by atoms with Crippen molar-refractivity contribution in [3.63, 3.8) is 0 Å². The SMILES string of the molecule is CCCCCCCCCCCCCCC(O)C(O)C(CO)NC(=O)OCOC(=O)C(C)(C)C. The van der Waals surface area contributed by atoms with E-state index >= 15 is 0 Å². The van der Waals surface area contributed by atoms with Gasteiger partial charge in [-0.25, -0.2) is 4.79 Å². The Morgan fingerprint density at radius 2 is 1.30 bits per heavy atom. The van der Waals surface area contributed by atoms with Crippen molar-refractivity contribution in [2.75, 3.05) is 13.4 Å². The van der Waals surface area contributed by atoms with E-state index in [4.69, 9.17) is 9.47 Å². The van der Waals surface area contributed by atoms with Gasteiger partial charge in [-0.15, -0.1) is 0 Å². The zero-order chi connectivity index (χ0) is 25.1. The lowest BCUT2D eigenvalue weighted by Gasteiger charge is -2.26. The molecule has 0 bridgehead atoms.